The molecule has 1 aromatic carbocycles. The Bertz CT molecular complexity index is 331. The van der Waals surface area contributed by atoms with Crippen molar-refractivity contribution in [2.75, 3.05) is 19.8 Å². The zero-order valence-electron chi connectivity index (χ0n) is 9.70. The molecule has 0 radical (unpaired) electrons. The van der Waals surface area contributed by atoms with Gasteiger partial charge in [-0.05, 0) is 37.6 Å². The molecule has 16 heavy (non-hydrogen) atoms. The van der Waals surface area contributed by atoms with Crippen LogP contribution in [0, 0.1) is 6.92 Å². The highest BCUT2D eigenvalue weighted by atomic mass is 35.5. The zero-order valence-corrected chi connectivity index (χ0v) is 10.5. The van der Waals surface area contributed by atoms with Gasteiger partial charge in [0.15, 0.2) is 0 Å². The van der Waals surface area contributed by atoms with Gasteiger partial charge in [-0.2, -0.15) is 0 Å². The van der Waals surface area contributed by atoms with E-state index in [1.165, 1.54) is 0 Å². The van der Waals surface area contributed by atoms with E-state index >= 15 is 0 Å². The molecule has 1 atom stereocenters. The van der Waals surface area contributed by atoms with Crippen LogP contribution in [0.2, 0.25) is 5.02 Å². The van der Waals surface area contributed by atoms with Crippen LogP contribution in [0.4, 0.5) is 0 Å². The summed E-state index contributed by atoms with van der Waals surface area (Å²) >= 11 is 5.86. The van der Waals surface area contributed by atoms with E-state index in [0.717, 1.165) is 11.3 Å². The minimum atomic E-state index is -0.0555. The van der Waals surface area contributed by atoms with Crippen molar-refractivity contribution in [3.63, 3.8) is 0 Å². The maximum Gasteiger partial charge on any atom is 0.122 e. The van der Waals surface area contributed by atoms with Crippen LogP contribution >= 0.6 is 11.6 Å². The Hall–Kier alpha value is -0.770. The summed E-state index contributed by atoms with van der Waals surface area (Å²) in [6.07, 6.45) is -0.0555. The molecule has 0 aromatic heterocycles. The van der Waals surface area contributed by atoms with Crippen LogP contribution in [0.25, 0.3) is 0 Å². The van der Waals surface area contributed by atoms with Crippen molar-refractivity contribution >= 4 is 11.6 Å². The Morgan fingerprint density at radius 3 is 2.75 bits per heavy atom. The van der Waals surface area contributed by atoms with E-state index in [9.17, 15) is 0 Å². The fraction of sp³-hybridized carbons (Fsp3) is 0.500. The van der Waals surface area contributed by atoms with Crippen molar-refractivity contribution < 1.29 is 9.47 Å². The molecule has 4 heteroatoms. The van der Waals surface area contributed by atoms with Gasteiger partial charge in [0.1, 0.15) is 18.5 Å². The molecule has 0 saturated carbocycles. The van der Waals surface area contributed by atoms with Gasteiger partial charge in [0, 0.05) is 18.2 Å². The van der Waals surface area contributed by atoms with Crippen molar-refractivity contribution in [1.82, 2.24) is 0 Å². The first-order valence-electron chi connectivity index (χ1n) is 5.38. The standard InChI is InChI=1S/C12H18ClNO2/c1-3-15-11(7-14)8-16-12-5-4-10(13)6-9(12)2/h4-6,11H,3,7-8,14H2,1-2H3. The third-order valence-electron chi connectivity index (χ3n) is 2.23. The number of hydrogen-bond acceptors (Lipinski definition) is 3. The summed E-state index contributed by atoms with van der Waals surface area (Å²) < 4.78 is 11.0. The van der Waals surface area contributed by atoms with Crippen LogP contribution in [-0.4, -0.2) is 25.9 Å². The molecule has 90 valence electrons. The maximum absolute atomic E-state index is 5.86. The van der Waals surface area contributed by atoms with E-state index in [1.54, 1.807) is 0 Å². The molecule has 0 fully saturated rings. The summed E-state index contributed by atoms with van der Waals surface area (Å²) in [5, 5.41) is 0.713. The van der Waals surface area contributed by atoms with Crippen molar-refractivity contribution in [2.45, 2.75) is 20.0 Å². The number of benzene rings is 1. The second-order valence-corrected chi connectivity index (χ2v) is 3.97. The molecule has 0 bridgehead atoms. The van der Waals surface area contributed by atoms with Gasteiger partial charge in [-0.15, -0.1) is 0 Å². The second kappa shape index (κ2) is 6.74. The predicted molar refractivity (Wildman–Crippen MR) is 66.2 cm³/mol. The molecule has 3 nitrogen and oxygen atoms in total. The van der Waals surface area contributed by atoms with Crippen LogP contribution in [0.15, 0.2) is 18.2 Å². The Morgan fingerprint density at radius 1 is 1.44 bits per heavy atom. The predicted octanol–water partition coefficient (Wildman–Crippen LogP) is 2.39. The van der Waals surface area contributed by atoms with E-state index in [0.29, 0.717) is 24.8 Å². The lowest BCUT2D eigenvalue weighted by Crippen LogP contribution is -2.30. The Morgan fingerprint density at radius 2 is 2.19 bits per heavy atom. The van der Waals surface area contributed by atoms with E-state index < -0.39 is 0 Å². The van der Waals surface area contributed by atoms with Crippen LogP contribution < -0.4 is 10.5 Å². The highest BCUT2D eigenvalue weighted by Gasteiger charge is 2.08. The Balaban J connectivity index is 2.53. The molecule has 0 spiro atoms. The maximum atomic E-state index is 5.86. The van der Waals surface area contributed by atoms with E-state index in [2.05, 4.69) is 0 Å². The lowest BCUT2D eigenvalue weighted by Gasteiger charge is -2.16. The van der Waals surface area contributed by atoms with E-state index in [-0.39, 0.29) is 6.10 Å². The molecule has 0 aliphatic carbocycles. The van der Waals surface area contributed by atoms with Gasteiger partial charge in [0.05, 0.1) is 0 Å². The average molecular weight is 244 g/mol. The average Bonchev–Trinajstić information content (AvgIpc) is 2.26. The SMILES string of the molecule is CCOC(CN)COc1ccc(Cl)cc1C. The highest BCUT2D eigenvalue weighted by Crippen LogP contribution is 2.21. The van der Waals surface area contributed by atoms with Crippen LogP contribution in [-0.2, 0) is 4.74 Å². The van der Waals surface area contributed by atoms with Crippen molar-refractivity contribution in [3.8, 4) is 5.75 Å². The van der Waals surface area contributed by atoms with E-state index in [1.807, 2.05) is 32.0 Å². The van der Waals surface area contributed by atoms with Crippen LogP contribution in [0.1, 0.15) is 12.5 Å². The molecular formula is C12H18ClNO2. The van der Waals surface area contributed by atoms with Gasteiger partial charge in [0.2, 0.25) is 0 Å². The first kappa shape index (κ1) is 13.3. The zero-order chi connectivity index (χ0) is 12.0. The third kappa shape index (κ3) is 4.00. The first-order valence-corrected chi connectivity index (χ1v) is 5.75. The highest BCUT2D eigenvalue weighted by molar-refractivity contribution is 6.30. The molecule has 0 aliphatic rings. The van der Waals surface area contributed by atoms with E-state index in [4.69, 9.17) is 26.8 Å². The molecule has 0 aliphatic heterocycles. The largest absolute Gasteiger partial charge is 0.491 e. The fourth-order valence-corrected chi connectivity index (χ4v) is 1.60. The molecule has 1 unspecified atom stereocenters. The minimum absolute atomic E-state index is 0.0555. The minimum Gasteiger partial charge on any atom is -0.491 e. The fourth-order valence-electron chi connectivity index (χ4n) is 1.38. The quantitative estimate of drug-likeness (QED) is 0.835. The van der Waals surface area contributed by atoms with Crippen molar-refractivity contribution in [3.05, 3.63) is 28.8 Å². The van der Waals surface area contributed by atoms with Gasteiger partial charge in [-0.1, -0.05) is 11.6 Å². The molecule has 2 N–H and O–H groups in total. The summed E-state index contributed by atoms with van der Waals surface area (Å²) in [7, 11) is 0. The molecule has 1 aromatic rings. The lowest BCUT2D eigenvalue weighted by molar-refractivity contribution is 0.0335. The van der Waals surface area contributed by atoms with Crippen molar-refractivity contribution in [1.29, 1.82) is 0 Å². The summed E-state index contributed by atoms with van der Waals surface area (Å²) in [5.41, 5.74) is 6.57. The monoisotopic (exact) mass is 243 g/mol. The smallest absolute Gasteiger partial charge is 0.122 e. The number of ether oxygens (including phenoxy) is 2. The van der Waals surface area contributed by atoms with Crippen LogP contribution in [0.3, 0.4) is 0 Å². The van der Waals surface area contributed by atoms with Gasteiger partial charge in [0.25, 0.3) is 0 Å². The summed E-state index contributed by atoms with van der Waals surface area (Å²) in [5.74, 6) is 0.822. The second-order valence-electron chi connectivity index (χ2n) is 3.53. The molecule has 0 saturated heterocycles. The number of hydrogen-bond donors (Lipinski definition) is 1. The molecule has 0 heterocycles. The Labute approximate surface area is 101 Å². The third-order valence-corrected chi connectivity index (χ3v) is 2.46. The van der Waals surface area contributed by atoms with Gasteiger partial charge < -0.3 is 15.2 Å². The van der Waals surface area contributed by atoms with Crippen LogP contribution in [0.5, 0.6) is 5.75 Å². The lowest BCUT2D eigenvalue weighted by atomic mass is 10.2. The molecule has 0 amide bonds. The number of halogens is 1. The normalized spacial score (nSPS) is 12.5. The summed E-state index contributed by atoms with van der Waals surface area (Å²) in [4.78, 5) is 0. The van der Waals surface area contributed by atoms with Crippen molar-refractivity contribution in [2.24, 2.45) is 5.73 Å². The molecular weight excluding hydrogens is 226 g/mol. The number of rotatable bonds is 6. The first-order chi connectivity index (χ1) is 7.67. The number of aryl methyl sites for hydroxylation is 1. The summed E-state index contributed by atoms with van der Waals surface area (Å²) in [6, 6.07) is 5.54. The van der Waals surface area contributed by atoms with Gasteiger partial charge in [-0.25, -0.2) is 0 Å². The number of nitrogens with two attached hydrogens (primary N) is 1. The Kier molecular flexibility index (Phi) is 5.60. The summed E-state index contributed by atoms with van der Waals surface area (Å²) in [6.45, 7) is 5.47. The van der Waals surface area contributed by atoms with Gasteiger partial charge in [-0.3, -0.25) is 0 Å². The molecule has 1 rings (SSSR count). The van der Waals surface area contributed by atoms with Gasteiger partial charge >= 0.3 is 0 Å². The topological polar surface area (TPSA) is 44.5 Å².